The molecule has 1 atom stereocenters. The average Bonchev–Trinajstić information content (AvgIpc) is 2.99. The molecule has 1 aromatic rings. The average molecular weight is 221 g/mol. The van der Waals surface area contributed by atoms with E-state index in [2.05, 4.69) is 15.3 Å². The van der Waals surface area contributed by atoms with Gasteiger partial charge in [-0.2, -0.15) is 0 Å². The van der Waals surface area contributed by atoms with Gasteiger partial charge in [0.25, 0.3) is 0 Å². The molecule has 0 bridgehead atoms. The number of aliphatic carboxylic acids is 1. The minimum absolute atomic E-state index is 0.414. The molecule has 0 amide bonds. The molecule has 0 aromatic carbocycles. The predicted octanol–water partition coefficient (Wildman–Crippen LogP) is 1.55. The highest BCUT2D eigenvalue weighted by Crippen LogP contribution is 2.39. The molecule has 0 aliphatic heterocycles. The van der Waals surface area contributed by atoms with E-state index in [4.69, 9.17) is 5.11 Å². The van der Waals surface area contributed by atoms with Crippen LogP contribution in [0.2, 0.25) is 0 Å². The summed E-state index contributed by atoms with van der Waals surface area (Å²) in [5.41, 5.74) is 1.89. The lowest BCUT2D eigenvalue weighted by atomic mass is 10.2. The number of carbonyl (C=O) groups is 1. The van der Waals surface area contributed by atoms with Gasteiger partial charge in [-0.3, -0.25) is 4.79 Å². The van der Waals surface area contributed by atoms with E-state index in [1.54, 1.807) is 6.92 Å². The van der Waals surface area contributed by atoms with Crippen molar-refractivity contribution in [2.45, 2.75) is 38.6 Å². The Hall–Kier alpha value is -1.65. The number of anilines is 1. The van der Waals surface area contributed by atoms with E-state index in [0.29, 0.717) is 11.9 Å². The topological polar surface area (TPSA) is 75.1 Å². The van der Waals surface area contributed by atoms with Crippen molar-refractivity contribution in [3.63, 3.8) is 0 Å². The number of hydrogen-bond donors (Lipinski definition) is 2. The lowest BCUT2D eigenvalue weighted by Gasteiger charge is -2.10. The van der Waals surface area contributed by atoms with Crippen LogP contribution < -0.4 is 5.32 Å². The van der Waals surface area contributed by atoms with Gasteiger partial charge in [-0.1, -0.05) is 0 Å². The molecular formula is C11H15N3O2. The number of rotatable bonds is 4. The highest BCUT2D eigenvalue weighted by molar-refractivity contribution is 5.75. The largest absolute Gasteiger partial charge is 0.480 e. The highest BCUT2D eigenvalue weighted by atomic mass is 16.4. The Bertz CT molecular complexity index is 416. The summed E-state index contributed by atoms with van der Waals surface area (Å²) in [7, 11) is 0. The second kappa shape index (κ2) is 4.08. The summed E-state index contributed by atoms with van der Waals surface area (Å²) in [6.45, 7) is 3.47. The summed E-state index contributed by atoms with van der Waals surface area (Å²) in [5.74, 6) is 0.0530. The van der Waals surface area contributed by atoms with E-state index in [1.165, 1.54) is 12.8 Å². The number of nitrogens with zero attached hydrogens (tertiary/aromatic N) is 2. The number of carboxylic acids is 1. The van der Waals surface area contributed by atoms with Gasteiger partial charge in [-0.05, 0) is 32.8 Å². The van der Waals surface area contributed by atoms with Crippen LogP contribution >= 0.6 is 0 Å². The molecule has 5 heteroatoms. The number of carboxylic acid groups (broad SMARTS) is 1. The summed E-state index contributed by atoms with van der Waals surface area (Å²) in [5, 5.41) is 11.6. The summed E-state index contributed by atoms with van der Waals surface area (Å²) < 4.78 is 0. The molecule has 1 aliphatic carbocycles. The smallest absolute Gasteiger partial charge is 0.325 e. The van der Waals surface area contributed by atoms with Crippen molar-refractivity contribution in [1.82, 2.24) is 9.97 Å². The van der Waals surface area contributed by atoms with Crippen molar-refractivity contribution in [1.29, 1.82) is 0 Å². The second-order valence-corrected chi connectivity index (χ2v) is 4.24. The second-order valence-electron chi connectivity index (χ2n) is 4.24. The van der Waals surface area contributed by atoms with Gasteiger partial charge in [-0.15, -0.1) is 0 Å². The quantitative estimate of drug-likeness (QED) is 0.806. The predicted molar refractivity (Wildman–Crippen MR) is 59.5 cm³/mol. The lowest BCUT2D eigenvalue weighted by molar-refractivity contribution is -0.137. The van der Waals surface area contributed by atoms with E-state index in [0.717, 1.165) is 11.4 Å². The third-order valence-electron chi connectivity index (χ3n) is 2.59. The highest BCUT2D eigenvalue weighted by Gasteiger charge is 2.26. The first kappa shape index (κ1) is 10.9. The normalized spacial score (nSPS) is 16.9. The molecule has 5 nitrogen and oxygen atoms in total. The molecule has 86 valence electrons. The number of hydrogen-bond acceptors (Lipinski definition) is 4. The van der Waals surface area contributed by atoms with Crippen molar-refractivity contribution in [3.8, 4) is 0 Å². The van der Waals surface area contributed by atoms with Gasteiger partial charge in [0.2, 0.25) is 5.95 Å². The van der Waals surface area contributed by atoms with E-state index >= 15 is 0 Å². The number of nitrogens with one attached hydrogen (secondary N) is 1. The van der Waals surface area contributed by atoms with Gasteiger partial charge in [0.05, 0.1) is 0 Å². The standard InChI is InChI=1S/C11H15N3O2/c1-6-5-9(8-3-4-8)14-11(12-6)13-7(2)10(15)16/h5,7-8H,3-4H2,1-2H3,(H,15,16)(H,12,13,14). The monoisotopic (exact) mass is 221 g/mol. The Labute approximate surface area is 93.9 Å². The minimum Gasteiger partial charge on any atom is -0.480 e. The van der Waals surface area contributed by atoms with E-state index in [-0.39, 0.29) is 0 Å². The van der Waals surface area contributed by atoms with Crippen molar-refractivity contribution in [2.24, 2.45) is 0 Å². The summed E-state index contributed by atoms with van der Waals surface area (Å²) in [6.07, 6.45) is 2.34. The van der Waals surface area contributed by atoms with Crippen molar-refractivity contribution in [3.05, 3.63) is 17.5 Å². The van der Waals surface area contributed by atoms with Gasteiger partial charge in [0.1, 0.15) is 6.04 Å². The summed E-state index contributed by atoms with van der Waals surface area (Å²) in [6, 6.07) is 1.29. The van der Waals surface area contributed by atoms with Gasteiger partial charge >= 0.3 is 5.97 Å². The maximum atomic E-state index is 10.7. The first-order valence-electron chi connectivity index (χ1n) is 5.41. The Morgan fingerprint density at radius 2 is 2.25 bits per heavy atom. The van der Waals surface area contributed by atoms with Crippen LogP contribution in [0.3, 0.4) is 0 Å². The molecular weight excluding hydrogens is 206 g/mol. The Balaban J connectivity index is 2.16. The molecule has 1 aromatic heterocycles. The third-order valence-corrected chi connectivity index (χ3v) is 2.59. The van der Waals surface area contributed by atoms with Crippen LogP contribution in [0.15, 0.2) is 6.07 Å². The molecule has 16 heavy (non-hydrogen) atoms. The zero-order chi connectivity index (χ0) is 11.7. The fraction of sp³-hybridized carbons (Fsp3) is 0.545. The lowest BCUT2D eigenvalue weighted by Crippen LogP contribution is -2.26. The van der Waals surface area contributed by atoms with Crippen molar-refractivity contribution >= 4 is 11.9 Å². The molecule has 0 saturated heterocycles. The van der Waals surface area contributed by atoms with Crippen LogP contribution in [-0.2, 0) is 4.79 Å². The van der Waals surface area contributed by atoms with Crippen molar-refractivity contribution in [2.75, 3.05) is 5.32 Å². The first-order chi connectivity index (χ1) is 7.56. The summed E-state index contributed by atoms with van der Waals surface area (Å²) in [4.78, 5) is 19.2. The maximum Gasteiger partial charge on any atom is 0.325 e. The van der Waals surface area contributed by atoms with E-state index < -0.39 is 12.0 Å². The number of aryl methyl sites for hydroxylation is 1. The van der Waals surface area contributed by atoms with Crippen LogP contribution in [0.5, 0.6) is 0 Å². The molecule has 1 fully saturated rings. The molecule has 0 spiro atoms. The Kier molecular flexibility index (Phi) is 2.77. The van der Waals surface area contributed by atoms with Gasteiger partial charge in [0, 0.05) is 17.3 Å². The fourth-order valence-electron chi connectivity index (χ4n) is 1.50. The zero-order valence-electron chi connectivity index (χ0n) is 9.40. The summed E-state index contributed by atoms with van der Waals surface area (Å²) >= 11 is 0. The van der Waals surface area contributed by atoms with Gasteiger partial charge < -0.3 is 10.4 Å². The molecule has 0 radical (unpaired) electrons. The van der Waals surface area contributed by atoms with E-state index in [9.17, 15) is 4.79 Å². The molecule has 1 heterocycles. The molecule has 2 rings (SSSR count). The zero-order valence-corrected chi connectivity index (χ0v) is 9.40. The van der Waals surface area contributed by atoms with Crippen LogP contribution in [-0.4, -0.2) is 27.1 Å². The fourth-order valence-corrected chi connectivity index (χ4v) is 1.50. The van der Waals surface area contributed by atoms with Crippen LogP contribution in [0.25, 0.3) is 0 Å². The minimum atomic E-state index is -0.905. The van der Waals surface area contributed by atoms with E-state index in [1.807, 2.05) is 13.0 Å². The van der Waals surface area contributed by atoms with Crippen molar-refractivity contribution < 1.29 is 9.90 Å². The molecule has 1 saturated carbocycles. The maximum absolute atomic E-state index is 10.7. The Morgan fingerprint density at radius 1 is 1.56 bits per heavy atom. The third kappa shape index (κ3) is 2.48. The SMILES string of the molecule is Cc1cc(C2CC2)nc(NC(C)C(=O)O)n1. The number of aromatic nitrogens is 2. The first-order valence-corrected chi connectivity index (χ1v) is 5.41. The molecule has 1 unspecified atom stereocenters. The van der Waals surface area contributed by atoms with Gasteiger partial charge in [-0.25, -0.2) is 9.97 Å². The molecule has 1 aliphatic rings. The van der Waals surface area contributed by atoms with Crippen LogP contribution in [0.4, 0.5) is 5.95 Å². The van der Waals surface area contributed by atoms with Crippen LogP contribution in [0, 0.1) is 6.92 Å². The Morgan fingerprint density at radius 3 is 2.81 bits per heavy atom. The van der Waals surface area contributed by atoms with Crippen LogP contribution in [0.1, 0.15) is 37.1 Å². The molecule has 2 N–H and O–H groups in total. The van der Waals surface area contributed by atoms with Gasteiger partial charge in [0.15, 0.2) is 0 Å².